The third kappa shape index (κ3) is 3.45. The van der Waals surface area contributed by atoms with E-state index in [4.69, 9.17) is 34.8 Å². The molecule has 0 saturated carbocycles. The van der Waals surface area contributed by atoms with Gasteiger partial charge in [0.2, 0.25) is 0 Å². The molecule has 0 saturated heterocycles. The molecule has 0 heterocycles. The average Bonchev–Trinajstić information content (AvgIpc) is 2.34. The topological polar surface area (TPSA) is 29.1 Å². The van der Waals surface area contributed by atoms with Gasteiger partial charge in [0.05, 0.1) is 20.8 Å². The van der Waals surface area contributed by atoms with Crippen LogP contribution in [0.2, 0.25) is 15.1 Å². The van der Waals surface area contributed by atoms with Crippen LogP contribution in [0.3, 0.4) is 0 Å². The minimum atomic E-state index is -0.239. The molecule has 1 amide bonds. The molecule has 2 aromatic rings. The largest absolute Gasteiger partial charge is 0.321 e. The number of aryl methyl sites for hydroxylation is 2. The molecular weight excluding hydrogens is 317 g/mol. The van der Waals surface area contributed by atoms with Gasteiger partial charge >= 0.3 is 0 Å². The maximum atomic E-state index is 12.2. The second-order valence-electron chi connectivity index (χ2n) is 4.58. The van der Waals surface area contributed by atoms with Gasteiger partial charge in [-0.15, -0.1) is 0 Å². The van der Waals surface area contributed by atoms with Crippen LogP contribution in [-0.2, 0) is 0 Å². The first kappa shape index (κ1) is 15.2. The van der Waals surface area contributed by atoms with Gasteiger partial charge in [0.1, 0.15) is 0 Å². The number of nitrogens with one attached hydrogen (secondary N) is 1. The van der Waals surface area contributed by atoms with Crippen molar-refractivity contribution in [3.63, 3.8) is 0 Å². The van der Waals surface area contributed by atoms with Gasteiger partial charge in [-0.2, -0.15) is 0 Å². The Bertz CT molecular complexity index is 663. The highest BCUT2D eigenvalue weighted by Gasteiger charge is 2.11. The van der Waals surface area contributed by atoms with E-state index >= 15 is 0 Å². The minimum Gasteiger partial charge on any atom is -0.321 e. The van der Waals surface area contributed by atoms with Gasteiger partial charge in [-0.3, -0.25) is 4.79 Å². The standard InChI is InChI=1S/C15H12Cl3NO/c1-8-3-9(2)5-10(4-8)15(20)19-14-7-12(17)11(16)6-13(14)18/h3-7H,1-2H3,(H,19,20). The van der Waals surface area contributed by atoms with E-state index in [-0.39, 0.29) is 5.91 Å². The van der Waals surface area contributed by atoms with Crippen molar-refractivity contribution in [2.24, 2.45) is 0 Å². The van der Waals surface area contributed by atoms with Crippen molar-refractivity contribution in [1.82, 2.24) is 0 Å². The SMILES string of the molecule is Cc1cc(C)cc(C(=O)Nc2cc(Cl)c(Cl)cc2Cl)c1. The highest BCUT2D eigenvalue weighted by molar-refractivity contribution is 6.44. The molecule has 0 unspecified atom stereocenters. The molecule has 1 N–H and O–H groups in total. The third-order valence-electron chi connectivity index (χ3n) is 2.74. The smallest absolute Gasteiger partial charge is 0.255 e. The molecular formula is C15H12Cl3NO. The molecule has 0 aliphatic heterocycles. The number of anilines is 1. The van der Waals surface area contributed by atoms with E-state index in [9.17, 15) is 4.79 Å². The van der Waals surface area contributed by atoms with Crippen LogP contribution in [0.1, 0.15) is 21.5 Å². The molecule has 104 valence electrons. The van der Waals surface area contributed by atoms with E-state index in [1.54, 1.807) is 0 Å². The van der Waals surface area contributed by atoms with Gasteiger partial charge < -0.3 is 5.32 Å². The number of halogens is 3. The molecule has 0 bridgehead atoms. The zero-order valence-corrected chi connectivity index (χ0v) is 13.2. The van der Waals surface area contributed by atoms with Gasteiger partial charge in [0.15, 0.2) is 0 Å². The average molecular weight is 329 g/mol. The molecule has 0 aliphatic rings. The Kier molecular flexibility index (Phi) is 4.59. The van der Waals surface area contributed by atoms with Crippen LogP contribution >= 0.6 is 34.8 Å². The summed E-state index contributed by atoms with van der Waals surface area (Å²) >= 11 is 17.8. The molecule has 2 nitrogen and oxygen atoms in total. The summed E-state index contributed by atoms with van der Waals surface area (Å²) in [6.07, 6.45) is 0. The fourth-order valence-corrected chi connectivity index (χ4v) is 2.51. The zero-order chi connectivity index (χ0) is 14.9. The fourth-order valence-electron chi connectivity index (χ4n) is 1.92. The lowest BCUT2D eigenvalue weighted by Gasteiger charge is -2.10. The highest BCUT2D eigenvalue weighted by Crippen LogP contribution is 2.32. The molecule has 0 atom stereocenters. The summed E-state index contributed by atoms with van der Waals surface area (Å²) in [5.74, 6) is -0.239. The second kappa shape index (κ2) is 6.04. The van der Waals surface area contributed by atoms with Gasteiger partial charge in [0, 0.05) is 5.56 Å². The van der Waals surface area contributed by atoms with E-state index < -0.39 is 0 Å². The molecule has 0 aliphatic carbocycles. The first-order valence-corrected chi connectivity index (χ1v) is 7.04. The maximum absolute atomic E-state index is 12.2. The summed E-state index contributed by atoms with van der Waals surface area (Å²) in [4.78, 5) is 12.2. The van der Waals surface area contributed by atoms with Gasteiger partial charge in [-0.05, 0) is 38.1 Å². The summed E-state index contributed by atoms with van der Waals surface area (Å²) in [7, 11) is 0. The van der Waals surface area contributed by atoms with Crippen LogP contribution in [0.25, 0.3) is 0 Å². The predicted octanol–water partition coefficient (Wildman–Crippen LogP) is 5.52. The quantitative estimate of drug-likeness (QED) is 0.723. The molecule has 0 aromatic heterocycles. The van der Waals surface area contributed by atoms with Crippen molar-refractivity contribution in [3.05, 3.63) is 62.1 Å². The number of carbonyl (C=O) groups is 1. The lowest BCUT2D eigenvalue weighted by atomic mass is 10.1. The van der Waals surface area contributed by atoms with Crippen molar-refractivity contribution < 1.29 is 4.79 Å². The first-order valence-electron chi connectivity index (χ1n) is 5.91. The number of benzene rings is 2. The normalized spacial score (nSPS) is 10.4. The van der Waals surface area contributed by atoms with E-state index in [0.717, 1.165) is 11.1 Å². The Morgan fingerprint density at radius 1 is 0.850 bits per heavy atom. The van der Waals surface area contributed by atoms with Crippen LogP contribution in [0.15, 0.2) is 30.3 Å². The van der Waals surface area contributed by atoms with E-state index in [1.807, 2.05) is 32.0 Å². The summed E-state index contributed by atoms with van der Waals surface area (Å²) in [5, 5.41) is 3.77. The van der Waals surface area contributed by atoms with Crippen molar-refractivity contribution in [1.29, 1.82) is 0 Å². The molecule has 5 heteroatoms. The molecule has 0 spiro atoms. The number of hydrogen-bond donors (Lipinski definition) is 1. The predicted molar refractivity (Wildman–Crippen MR) is 85.3 cm³/mol. The highest BCUT2D eigenvalue weighted by atomic mass is 35.5. The Morgan fingerprint density at radius 3 is 2.00 bits per heavy atom. The van der Waals surface area contributed by atoms with Gasteiger partial charge in [-0.1, -0.05) is 52.0 Å². The maximum Gasteiger partial charge on any atom is 0.255 e. The lowest BCUT2D eigenvalue weighted by molar-refractivity contribution is 0.102. The second-order valence-corrected chi connectivity index (χ2v) is 5.80. The van der Waals surface area contributed by atoms with Crippen molar-refractivity contribution in [2.45, 2.75) is 13.8 Å². The number of amides is 1. The summed E-state index contributed by atoms with van der Waals surface area (Å²) in [6, 6.07) is 8.67. The first-order chi connectivity index (χ1) is 9.36. The van der Waals surface area contributed by atoms with Crippen molar-refractivity contribution in [3.8, 4) is 0 Å². The lowest BCUT2D eigenvalue weighted by Crippen LogP contribution is -2.12. The van der Waals surface area contributed by atoms with Crippen molar-refractivity contribution >= 4 is 46.4 Å². The van der Waals surface area contributed by atoms with Crippen LogP contribution in [0, 0.1) is 13.8 Å². The summed E-state index contributed by atoms with van der Waals surface area (Å²) in [5.41, 5.74) is 3.06. The zero-order valence-electron chi connectivity index (χ0n) is 10.9. The molecule has 0 radical (unpaired) electrons. The number of hydrogen-bond acceptors (Lipinski definition) is 1. The van der Waals surface area contributed by atoms with Gasteiger partial charge in [0.25, 0.3) is 5.91 Å². The molecule has 20 heavy (non-hydrogen) atoms. The minimum absolute atomic E-state index is 0.239. The van der Waals surface area contributed by atoms with Crippen LogP contribution in [-0.4, -0.2) is 5.91 Å². The van der Waals surface area contributed by atoms with E-state index in [0.29, 0.717) is 26.3 Å². The van der Waals surface area contributed by atoms with Crippen LogP contribution < -0.4 is 5.32 Å². The van der Waals surface area contributed by atoms with Gasteiger partial charge in [-0.25, -0.2) is 0 Å². The Balaban J connectivity index is 2.30. The van der Waals surface area contributed by atoms with E-state index in [2.05, 4.69) is 5.32 Å². The van der Waals surface area contributed by atoms with Crippen LogP contribution in [0.5, 0.6) is 0 Å². The molecule has 0 fully saturated rings. The summed E-state index contributed by atoms with van der Waals surface area (Å²) in [6.45, 7) is 3.88. The Labute approximate surface area is 132 Å². The van der Waals surface area contributed by atoms with E-state index in [1.165, 1.54) is 12.1 Å². The summed E-state index contributed by atoms with van der Waals surface area (Å²) < 4.78 is 0. The number of rotatable bonds is 2. The molecule has 2 rings (SSSR count). The van der Waals surface area contributed by atoms with Crippen molar-refractivity contribution in [2.75, 3.05) is 5.32 Å². The third-order valence-corrected chi connectivity index (χ3v) is 3.78. The number of carbonyl (C=O) groups excluding carboxylic acids is 1. The monoisotopic (exact) mass is 327 g/mol. The fraction of sp³-hybridized carbons (Fsp3) is 0.133. The Morgan fingerprint density at radius 2 is 1.40 bits per heavy atom. The molecule has 2 aromatic carbocycles. The Hall–Kier alpha value is -1.22. The van der Waals surface area contributed by atoms with Crippen LogP contribution in [0.4, 0.5) is 5.69 Å².